The minimum atomic E-state index is -4.75. The van der Waals surface area contributed by atoms with E-state index in [9.17, 15) is 30.3 Å². The second-order valence-corrected chi connectivity index (χ2v) is 7.21. The zero-order valence-electron chi connectivity index (χ0n) is 10.9. The van der Waals surface area contributed by atoms with Gasteiger partial charge in [0.1, 0.15) is 0 Å². The molecule has 1 aliphatic heterocycles. The third-order valence-electron chi connectivity index (χ3n) is 3.20. The molecule has 0 aromatic heterocycles. The maximum absolute atomic E-state index is 12.7. The van der Waals surface area contributed by atoms with Crippen LogP contribution in [0, 0.1) is 5.92 Å². The molecule has 1 heterocycles. The molecule has 1 saturated heterocycles. The summed E-state index contributed by atoms with van der Waals surface area (Å²) in [7, 11) is -4.75. The van der Waals surface area contributed by atoms with E-state index in [2.05, 4.69) is 15.9 Å². The van der Waals surface area contributed by atoms with Gasteiger partial charge in [0.2, 0.25) is 5.91 Å². The molecular formula is C12H10BrF4NO3S. The molecule has 4 nitrogen and oxygen atoms in total. The molecule has 0 aliphatic carbocycles. The first-order valence-corrected chi connectivity index (χ1v) is 8.41. The summed E-state index contributed by atoms with van der Waals surface area (Å²) >= 11 is 3.06. The van der Waals surface area contributed by atoms with Crippen molar-refractivity contribution in [2.24, 2.45) is 5.92 Å². The molecule has 2 rings (SSSR count). The van der Waals surface area contributed by atoms with Crippen molar-refractivity contribution >= 4 is 37.7 Å². The lowest BCUT2D eigenvalue weighted by Gasteiger charge is -2.20. The minimum Gasteiger partial charge on any atom is -0.311 e. The van der Waals surface area contributed by atoms with Crippen LogP contribution in [0.15, 0.2) is 22.7 Å². The number of nitrogens with zero attached hydrogens (tertiary/aromatic N) is 1. The molecule has 0 radical (unpaired) electrons. The van der Waals surface area contributed by atoms with Gasteiger partial charge in [-0.15, -0.1) is 3.89 Å². The van der Waals surface area contributed by atoms with Crippen LogP contribution in [0.3, 0.4) is 0 Å². The molecular weight excluding hydrogens is 394 g/mol. The molecule has 1 amide bonds. The highest BCUT2D eigenvalue weighted by Gasteiger charge is 2.36. The number of rotatable bonds is 3. The lowest BCUT2D eigenvalue weighted by atomic mass is 10.1. The Bertz CT molecular complexity index is 705. The highest BCUT2D eigenvalue weighted by Crippen LogP contribution is 2.37. The number of carbonyl (C=O) groups is 1. The highest BCUT2D eigenvalue weighted by molar-refractivity contribution is 9.10. The first-order chi connectivity index (χ1) is 9.97. The summed E-state index contributed by atoms with van der Waals surface area (Å²) in [5, 5.41) is 0. The van der Waals surface area contributed by atoms with E-state index in [1.807, 2.05) is 0 Å². The molecule has 10 heteroatoms. The molecule has 122 valence electrons. The Hall–Kier alpha value is -1.16. The topological polar surface area (TPSA) is 54.5 Å². The van der Waals surface area contributed by atoms with E-state index in [0.717, 1.165) is 23.1 Å². The van der Waals surface area contributed by atoms with Crippen molar-refractivity contribution in [1.82, 2.24) is 0 Å². The number of alkyl halides is 3. The van der Waals surface area contributed by atoms with Crippen molar-refractivity contribution in [3.63, 3.8) is 0 Å². The van der Waals surface area contributed by atoms with Gasteiger partial charge in [0.15, 0.2) is 0 Å². The van der Waals surface area contributed by atoms with Crippen LogP contribution in [0.4, 0.5) is 22.7 Å². The van der Waals surface area contributed by atoms with Gasteiger partial charge in [-0.3, -0.25) is 4.79 Å². The zero-order valence-corrected chi connectivity index (χ0v) is 13.3. The summed E-state index contributed by atoms with van der Waals surface area (Å²) in [6.07, 6.45) is -4.80. The predicted molar refractivity (Wildman–Crippen MR) is 74.5 cm³/mol. The molecule has 22 heavy (non-hydrogen) atoms. The Morgan fingerprint density at radius 3 is 2.50 bits per heavy atom. The summed E-state index contributed by atoms with van der Waals surface area (Å²) in [4.78, 5) is 12.9. The number of halogens is 5. The minimum absolute atomic E-state index is 0.0152. The highest BCUT2D eigenvalue weighted by atomic mass is 79.9. The smallest absolute Gasteiger partial charge is 0.311 e. The Morgan fingerprint density at radius 2 is 1.95 bits per heavy atom. The van der Waals surface area contributed by atoms with Crippen molar-refractivity contribution in [2.45, 2.75) is 12.6 Å². The van der Waals surface area contributed by atoms with Gasteiger partial charge < -0.3 is 4.90 Å². The van der Waals surface area contributed by atoms with E-state index >= 15 is 0 Å². The van der Waals surface area contributed by atoms with E-state index in [-0.39, 0.29) is 23.1 Å². The Labute approximate surface area is 132 Å². The molecule has 1 fully saturated rings. The molecule has 0 saturated carbocycles. The van der Waals surface area contributed by atoms with Gasteiger partial charge in [0, 0.05) is 23.4 Å². The number of amides is 1. The standard InChI is InChI=1S/C12H10BrF4NO3S/c13-9-2-1-8(12(14,15)16)4-10(9)18-5-7(3-11(18)19)6-22(17,20)21/h1-2,4,7H,3,5-6H2. The summed E-state index contributed by atoms with van der Waals surface area (Å²) < 4.78 is 72.4. The van der Waals surface area contributed by atoms with Gasteiger partial charge in [-0.2, -0.15) is 21.6 Å². The van der Waals surface area contributed by atoms with Crippen molar-refractivity contribution in [2.75, 3.05) is 17.2 Å². The van der Waals surface area contributed by atoms with Crippen LogP contribution in [-0.4, -0.2) is 26.6 Å². The van der Waals surface area contributed by atoms with E-state index in [1.54, 1.807) is 0 Å². The first kappa shape index (κ1) is 17.2. The predicted octanol–water partition coefficient (Wildman–Crippen LogP) is 3.12. The van der Waals surface area contributed by atoms with Crippen LogP contribution in [0.1, 0.15) is 12.0 Å². The zero-order chi connectivity index (χ0) is 16.7. The third kappa shape index (κ3) is 3.97. The summed E-state index contributed by atoms with van der Waals surface area (Å²) in [5.41, 5.74) is -0.946. The molecule has 1 unspecified atom stereocenters. The van der Waals surface area contributed by atoms with Crippen molar-refractivity contribution in [3.8, 4) is 0 Å². The number of anilines is 1. The lowest BCUT2D eigenvalue weighted by molar-refractivity contribution is -0.137. The second kappa shape index (κ2) is 5.80. The van der Waals surface area contributed by atoms with E-state index in [1.165, 1.54) is 0 Å². The number of carbonyl (C=O) groups excluding carboxylic acids is 1. The number of hydrogen-bond donors (Lipinski definition) is 0. The molecule has 0 spiro atoms. The fourth-order valence-corrected chi connectivity index (χ4v) is 3.55. The maximum atomic E-state index is 12.7. The summed E-state index contributed by atoms with van der Waals surface area (Å²) in [6, 6.07) is 2.82. The second-order valence-electron chi connectivity index (χ2n) is 4.94. The molecule has 0 bridgehead atoms. The summed E-state index contributed by atoms with van der Waals surface area (Å²) in [5.74, 6) is -2.16. The van der Waals surface area contributed by atoms with Crippen molar-refractivity contribution < 1.29 is 30.3 Å². The Balaban J connectivity index is 2.30. The van der Waals surface area contributed by atoms with Crippen LogP contribution < -0.4 is 4.90 Å². The summed E-state index contributed by atoms with van der Waals surface area (Å²) in [6.45, 7) is -0.151. The van der Waals surface area contributed by atoms with Crippen molar-refractivity contribution in [3.05, 3.63) is 28.2 Å². The van der Waals surface area contributed by atoms with Gasteiger partial charge in [-0.1, -0.05) is 0 Å². The monoisotopic (exact) mass is 403 g/mol. The van der Waals surface area contributed by atoms with E-state index in [4.69, 9.17) is 0 Å². The Kier molecular flexibility index (Phi) is 4.54. The average molecular weight is 404 g/mol. The fraction of sp³-hybridized carbons (Fsp3) is 0.417. The quantitative estimate of drug-likeness (QED) is 0.575. The van der Waals surface area contributed by atoms with E-state index in [0.29, 0.717) is 0 Å². The van der Waals surface area contributed by atoms with E-state index < -0.39 is 39.5 Å². The van der Waals surface area contributed by atoms with Gasteiger partial charge in [-0.25, -0.2) is 0 Å². The van der Waals surface area contributed by atoms with Crippen LogP contribution in [0.25, 0.3) is 0 Å². The van der Waals surface area contributed by atoms with Crippen LogP contribution in [0.2, 0.25) is 0 Å². The van der Waals surface area contributed by atoms with Crippen molar-refractivity contribution in [1.29, 1.82) is 0 Å². The molecule has 1 atom stereocenters. The molecule has 1 aromatic carbocycles. The molecule has 1 aromatic rings. The first-order valence-electron chi connectivity index (χ1n) is 6.07. The molecule has 0 N–H and O–H groups in total. The van der Waals surface area contributed by atoms with Gasteiger partial charge in [-0.05, 0) is 34.1 Å². The SMILES string of the molecule is O=C1CC(CS(=O)(=O)F)CN1c1cc(C(F)(F)F)ccc1Br. The Morgan fingerprint density at radius 1 is 1.32 bits per heavy atom. The largest absolute Gasteiger partial charge is 0.416 e. The normalized spacial score (nSPS) is 19.8. The maximum Gasteiger partial charge on any atom is 0.416 e. The number of hydrogen-bond acceptors (Lipinski definition) is 3. The van der Waals surface area contributed by atoms with Crippen LogP contribution in [-0.2, 0) is 21.2 Å². The molecule has 1 aliphatic rings. The van der Waals surface area contributed by atoms with Gasteiger partial charge in [0.25, 0.3) is 0 Å². The van der Waals surface area contributed by atoms with Crippen LogP contribution in [0.5, 0.6) is 0 Å². The third-order valence-corrected chi connectivity index (χ3v) is 4.74. The average Bonchev–Trinajstić information content (AvgIpc) is 2.66. The lowest BCUT2D eigenvalue weighted by Crippen LogP contribution is -2.26. The van der Waals surface area contributed by atoms with Gasteiger partial charge >= 0.3 is 16.4 Å². The number of benzene rings is 1. The van der Waals surface area contributed by atoms with Gasteiger partial charge in [0.05, 0.1) is 17.0 Å². The van der Waals surface area contributed by atoms with Crippen LogP contribution >= 0.6 is 15.9 Å². The fourth-order valence-electron chi connectivity index (χ4n) is 2.30.